The number of amides is 1. The molecular formula is C16H24N2O2. The van der Waals surface area contributed by atoms with Crippen molar-refractivity contribution in [1.82, 2.24) is 10.2 Å². The molecule has 1 aromatic carbocycles. The molecule has 1 atom stereocenters. The first-order chi connectivity index (χ1) is 9.74. The number of methoxy groups -OCH3 is 1. The Morgan fingerprint density at radius 1 is 1.35 bits per heavy atom. The molecule has 110 valence electrons. The molecule has 0 saturated carbocycles. The third kappa shape index (κ3) is 3.73. The number of hydrogen-bond donors (Lipinski definition) is 1. The molecule has 0 bridgehead atoms. The van der Waals surface area contributed by atoms with E-state index < -0.39 is 0 Å². The number of rotatable bonds is 7. The smallest absolute Gasteiger partial charge is 0.239 e. The highest BCUT2D eigenvalue weighted by Gasteiger charge is 2.30. The van der Waals surface area contributed by atoms with E-state index in [0.717, 1.165) is 44.6 Å². The molecule has 1 saturated heterocycles. The van der Waals surface area contributed by atoms with Crippen LogP contribution in [0.3, 0.4) is 0 Å². The average Bonchev–Trinajstić information content (AvgIpc) is 2.84. The Morgan fingerprint density at radius 3 is 2.75 bits per heavy atom. The van der Waals surface area contributed by atoms with Gasteiger partial charge in [-0.2, -0.15) is 0 Å². The lowest BCUT2D eigenvalue weighted by molar-refractivity contribution is -0.129. The number of nitrogens with one attached hydrogen (secondary N) is 1. The summed E-state index contributed by atoms with van der Waals surface area (Å²) in [5.41, 5.74) is 1.24. The van der Waals surface area contributed by atoms with Gasteiger partial charge in [0.25, 0.3) is 0 Å². The van der Waals surface area contributed by atoms with Crippen molar-refractivity contribution in [2.24, 2.45) is 0 Å². The van der Waals surface area contributed by atoms with Crippen LogP contribution in [-0.2, 0) is 11.2 Å². The van der Waals surface area contributed by atoms with E-state index in [4.69, 9.17) is 4.74 Å². The molecule has 1 amide bonds. The molecular weight excluding hydrogens is 252 g/mol. The van der Waals surface area contributed by atoms with Crippen molar-refractivity contribution in [2.75, 3.05) is 26.7 Å². The molecule has 0 aliphatic carbocycles. The number of benzene rings is 1. The van der Waals surface area contributed by atoms with Gasteiger partial charge in [-0.3, -0.25) is 4.79 Å². The van der Waals surface area contributed by atoms with Gasteiger partial charge in [-0.1, -0.05) is 19.1 Å². The lowest BCUT2D eigenvalue weighted by Crippen LogP contribution is -2.39. The predicted molar refractivity (Wildman–Crippen MR) is 80.0 cm³/mol. The summed E-state index contributed by atoms with van der Waals surface area (Å²) in [7, 11) is 1.67. The highest BCUT2D eigenvalue weighted by Crippen LogP contribution is 2.15. The summed E-state index contributed by atoms with van der Waals surface area (Å²) in [4.78, 5) is 14.1. The molecule has 2 rings (SSSR count). The fraction of sp³-hybridized carbons (Fsp3) is 0.562. The quantitative estimate of drug-likeness (QED) is 0.826. The zero-order valence-electron chi connectivity index (χ0n) is 12.4. The molecule has 4 nitrogen and oxygen atoms in total. The molecule has 0 radical (unpaired) electrons. The minimum absolute atomic E-state index is 0.0332. The van der Waals surface area contributed by atoms with Crippen molar-refractivity contribution in [3.63, 3.8) is 0 Å². The topological polar surface area (TPSA) is 41.6 Å². The van der Waals surface area contributed by atoms with Gasteiger partial charge in [-0.25, -0.2) is 0 Å². The number of likely N-dealkylation sites (tertiary alicyclic amines) is 1. The van der Waals surface area contributed by atoms with Gasteiger partial charge in [0.1, 0.15) is 5.75 Å². The van der Waals surface area contributed by atoms with Crippen LogP contribution in [0, 0.1) is 0 Å². The lowest BCUT2D eigenvalue weighted by Gasteiger charge is -2.17. The summed E-state index contributed by atoms with van der Waals surface area (Å²) >= 11 is 0. The third-order valence-corrected chi connectivity index (χ3v) is 3.77. The van der Waals surface area contributed by atoms with Crippen LogP contribution >= 0.6 is 0 Å². The second kappa shape index (κ2) is 7.29. The summed E-state index contributed by atoms with van der Waals surface area (Å²) in [6, 6.07) is 8.09. The van der Waals surface area contributed by atoms with Gasteiger partial charge in [0, 0.05) is 13.1 Å². The zero-order chi connectivity index (χ0) is 14.4. The second-order valence-electron chi connectivity index (χ2n) is 5.22. The lowest BCUT2D eigenvalue weighted by atomic mass is 10.1. The van der Waals surface area contributed by atoms with Crippen LogP contribution in [0.25, 0.3) is 0 Å². The first-order valence-electron chi connectivity index (χ1n) is 7.39. The predicted octanol–water partition coefficient (Wildman–Crippen LogP) is 1.84. The van der Waals surface area contributed by atoms with Crippen LogP contribution in [0.4, 0.5) is 0 Å². The van der Waals surface area contributed by atoms with Crippen molar-refractivity contribution in [3.05, 3.63) is 29.8 Å². The number of carbonyl (C=O) groups is 1. The van der Waals surface area contributed by atoms with Gasteiger partial charge in [0.15, 0.2) is 0 Å². The minimum atomic E-state index is 0.0332. The molecule has 1 fully saturated rings. The molecule has 20 heavy (non-hydrogen) atoms. The van der Waals surface area contributed by atoms with E-state index in [9.17, 15) is 4.79 Å². The van der Waals surface area contributed by atoms with Crippen LogP contribution in [0.5, 0.6) is 5.75 Å². The summed E-state index contributed by atoms with van der Waals surface area (Å²) < 4.78 is 5.14. The van der Waals surface area contributed by atoms with Crippen LogP contribution in [0.1, 0.15) is 25.3 Å². The molecule has 1 heterocycles. The molecule has 1 aliphatic rings. The van der Waals surface area contributed by atoms with Gasteiger partial charge in [0.05, 0.1) is 13.2 Å². The van der Waals surface area contributed by atoms with Gasteiger partial charge in [0.2, 0.25) is 5.91 Å². The minimum Gasteiger partial charge on any atom is -0.497 e. The van der Waals surface area contributed by atoms with E-state index in [1.807, 2.05) is 17.0 Å². The number of nitrogens with zero attached hydrogens (tertiary/aromatic N) is 1. The van der Waals surface area contributed by atoms with Crippen LogP contribution in [-0.4, -0.2) is 43.6 Å². The highest BCUT2D eigenvalue weighted by molar-refractivity contribution is 5.83. The van der Waals surface area contributed by atoms with E-state index >= 15 is 0 Å². The Labute approximate surface area is 121 Å². The van der Waals surface area contributed by atoms with E-state index in [2.05, 4.69) is 24.4 Å². The Balaban J connectivity index is 1.80. The maximum atomic E-state index is 12.2. The molecule has 1 N–H and O–H groups in total. The fourth-order valence-corrected chi connectivity index (χ4v) is 2.53. The van der Waals surface area contributed by atoms with E-state index in [1.54, 1.807) is 7.11 Å². The van der Waals surface area contributed by atoms with E-state index in [0.29, 0.717) is 0 Å². The number of carbonyl (C=O) groups excluding carboxylic acids is 1. The second-order valence-corrected chi connectivity index (χ2v) is 5.22. The fourth-order valence-electron chi connectivity index (χ4n) is 2.53. The normalized spacial score (nSPS) is 18.6. The van der Waals surface area contributed by atoms with Gasteiger partial charge in [-0.15, -0.1) is 0 Å². The van der Waals surface area contributed by atoms with Crippen molar-refractivity contribution < 1.29 is 9.53 Å². The van der Waals surface area contributed by atoms with Gasteiger partial charge >= 0.3 is 0 Å². The molecule has 4 heteroatoms. The summed E-state index contributed by atoms with van der Waals surface area (Å²) in [6.45, 7) is 4.71. The number of hydrogen-bond acceptors (Lipinski definition) is 3. The maximum absolute atomic E-state index is 12.2. The van der Waals surface area contributed by atoms with Crippen molar-refractivity contribution in [2.45, 2.75) is 32.2 Å². The Morgan fingerprint density at radius 2 is 2.10 bits per heavy atom. The van der Waals surface area contributed by atoms with Crippen LogP contribution in [0.2, 0.25) is 0 Å². The first-order valence-corrected chi connectivity index (χ1v) is 7.39. The van der Waals surface area contributed by atoms with Crippen molar-refractivity contribution >= 4 is 5.91 Å². The zero-order valence-corrected chi connectivity index (χ0v) is 12.4. The molecule has 0 aromatic heterocycles. The molecule has 1 aliphatic heterocycles. The summed E-state index contributed by atoms with van der Waals surface area (Å²) in [5, 5.41) is 3.32. The molecule has 1 aromatic rings. The Hall–Kier alpha value is -1.55. The first kappa shape index (κ1) is 14.9. The molecule has 1 unspecified atom stereocenters. The third-order valence-electron chi connectivity index (χ3n) is 3.77. The summed E-state index contributed by atoms with van der Waals surface area (Å²) in [5.74, 6) is 1.13. The summed E-state index contributed by atoms with van der Waals surface area (Å²) in [6.07, 6.45) is 2.90. The SMILES string of the molecule is CCCNC1CCN(CCc2ccc(OC)cc2)C1=O. The standard InChI is InChI=1S/C16H24N2O2/c1-3-10-17-15-9-12-18(16(15)19)11-8-13-4-6-14(20-2)7-5-13/h4-7,15,17H,3,8-12H2,1-2H3. The highest BCUT2D eigenvalue weighted by atomic mass is 16.5. The van der Waals surface area contributed by atoms with Crippen molar-refractivity contribution in [3.8, 4) is 5.75 Å². The Bertz CT molecular complexity index is 431. The average molecular weight is 276 g/mol. The molecule has 0 spiro atoms. The number of ether oxygens (including phenoxy) is 1. The van der Waals surface area contributed by atoms with E-state index in [-0.39, 0.29) is 11.9 Å². The monoisotopic (exact) mass is 276 g/mol. The van der Waals surface area contributed by atoms with Gasteiger partial charge in [-0.05, 0) is 43.5 Å². The largest absolute Gasteiger partial charge is 0.497 e. The Kier molecular flexibility index (Phi) is 5.41. The maximum Gasteiger partial charge on any atom is 0.239 e. The van der Waals surface area contributed by atoms with Crippen LogP contribution < -0.4 is 10.1 Å². The van der Waals surface area contributed by atoms with E-state index in [1.165, 1.54) is 5.56 Å². The van der Waals surface area contributed by atoms with Gasteiger partial charge < -0.3 is 15.0 Å². The van der Waals surface area contributed by atoms with Crippen LogP contribution in [0.15, 0.2) is 24.3 Å². The van der Waals surface area contributed by atoms with Crippen molar-refractivity contribution in [1.29, 1.82) is 0 Å².